The number of hydrogen-bond donors (Lipinski definition) is 1. The molecule has 1 aliphatic heterocycles. The van der Waals surface area contributed by atoms with Crippen molar-refractivity contribution in [3.05, 3.63) is 36.3 Å². The first kappa shape index (κ1) is 14.7. The molecule has 1 aromatic carbocycles. The van der Waals surface area contributed by atoms with Crippen LogP contribution in [0.1, 0.15) is 24.7 Å². The second-order valence-corrected chi connectivity index (χ2v) is 6.44. The van der Waals surface area contributed by atoms with Crippen LogP contribution in [0.15, 0.2) is 30.5 Å². The maximum Gasteiger partial charge on any atom is 0.126 e. The molecule has 5 heteroatoms. The average molecular weight is 313 g/mol. The zero-order valence-corrected chi connectivity index (χ0v) is 13.5. The van der Waals surface area contributed by atoms with Gasteiger partial charge in [0.15, 0.2) is 0 Å². The van der Waals surface area contributed by atoms with Crippen LogP contribution in [0.5, 0.6) is 5.75 Å². The standard InChI is InChI=1S/C18H23N3O2/c1-22-15-4-2-3-14(9-15)16-10-19-18(20-16)17-12-23-8-7-21(17)11-13-5-6-13/h2-4,9-10,13,17H,5-8,11-12H2,1H3,(H,19,20)/t17-/m0/s1. The summed E-state index contributed by atoms with van der Waals surface area (Å²) in [6.45, 7) is 3.71. The van der Waals surface area contributed by atoms with Crippen LogP contribution in [0, 0.1) is 5.92 Å². The summed E-state index contributed by atoms with van der Waals surface area (Å²) in [5.74, 6) is 2.74. The first-order valence-electron chi connectivity index (χ1n) is 8.34. The molecule has 1 N–H and O–H groups in total. The molecule has 0 amide bonds. The van der Waals surface area contributed by atoms with Crippen LogP contribution in [0.4, 0.5) is 0 Å². The number of ether oxygens (including phenoxy) is 2. The minimum absolute atomic E-state index is 0.240. The minimum atomic E-state index is 0.240. The smallest absolute Gasteiger partial charge is 0.126 e. The third-order valence-electron chi connectivity index (χ3n) is 4.72. The van der Waals surface area contributed by atoms with Crippen molar-refractivity contribution in [1.82, 2.24) is 14.9 Å². The minimum Gasteiger partial charge on any atom is -0.497 e. The molecule has 0 spiro atoms. The van der Waals surface area contributed by atoms with E-state index in [1.807, 2.05) is 24.4 Å². The summed E-state index contributed by atoms with van der Waals surface area (Å²) in [6, 6.07) is 8.28. The van der Waals surface area contributed by atoms with Gasteiger partial charge in [-0.05, 0) is 30.9 Å². The summed E-state index contributed by atoms with van der Waals surface area (Å²) in [5.41, 5.74) is 2.12. The van der Waals surface area contributed by atoms with Gasteiger partial charge < -0.3 is 14.5 Å². The molecule has 2 aliphatic rings. The molecule has 2 aromatic rings. The van der Waals surface area contributed by atoms with E-state index in [1.54, 1.807) is 7.11 Å². The number of nitrogens with zero attached hydrogens (tertiary/aromatic N) is 2. The Kier molecular flexibility index (Phi) is 4.06. The van der Waals surface area contributed by atoms with E-state index in [0.29, 0.717) is 0 Å². The van der Waals surface area contributed by atoms with Crippen LogP contribution in [0.25, 0.3) is 11.3 Å². The lowest BCUT2D eigenvalue weighted by atomic mass is 10.1. The van der Waals surface area contributed by atoms with Crippen molar-refractivity contribution in [1.29, 1.82) is 0 Å². The van der Waals surface area contributed by atoms with E-state index < -0.39 is 0 Å². The summed E-state index contributed by atoms with van der Waals surface area (Å²) >= 11 is 0. The van der Waals surface area contributed by atoms with Crippen LogP contribution in [-0.2, 0) is 4.74 Å². The zero-order chi connectivity index (χ0) is 15.6. The van der Waals surface area contributed by atoms with E-state index in [1.165, 1.54) is 19.4 Å². The average Bonchev–Trinajstić information content (AvgIpc) is 3.28. The Bertz CT molecular complexity index is 666. The topological polar surface area (TPSA) is 50.4 Å². The Morgan fingerprint density at radius 3 is 3.13 bits per heavy atom. The highest BCUT2D eigenvalue weighted by atomic mass is 16.5. The van der Waals surface area contributed by atoms with Gasteiger partial charge in [0.2, 0.25) is 0 Å². The molecule has 1 aliphatic carbocycles. The summed E-state index contributed by atoms with van der Waals surface area (Å²) in [4.78, 5) is 10.6. The van der Waals surface area contributed by atoms with E-state index in [4.69, 9.17) is 9.47 Å². The van der Waals surface area contributed by atoms with Crippen LogP contribution >= 0.6 is 0 Å². The van der Waals surface area contributed by atoms with Gasteiger partial charge in [0.1, 0.15) is 11.6 Å². The third-order valence-corrected chi connectivity index (χ3v) is 4.72. The molecule has 23 heavy (non-hydrogen) atoms. The van der Waals surface area contributed by atoms with Crippen molar-refractivity contribution in [2.75, 3.05) is 33.4 Å². The predicted octanol–water partition coefficient (Wildman–Crippen LogP) is 2.87. The molecule has 1 atom stereocenters. The first-order chi connectivity index (χ1) is 11.3. The van der Waals surface area contributed by atoms with Gasteiger partial charge in [0.05, 0.1) is 38.3 Å². The van der Waals surface area contributed by atoms with Gasteiger partial charge in [0, 0.05) is 18.7 Å². The van der Waals surface area contributed by atoms with Crippen LogP contribution in [0.2, 0.25) is 0 Å². The van der Waals surface area contributed by atoms with E-state index in [2.05, 4.69) is 20.9 Å². The monoisotopic (exact) mass is 313 g/mol. The summed E-state index contributed by atoms with van der Waals surface area (Å²) in [7, 11) is 1.69. The second kappa shape index (κ2) is 6.34. The van der Waals surface area contributed by atoms with Gasteiger partial charge in [-0.25, -0.2) is 4.98 Å². The van der Waals surface area contributed by atoms with Gasteiger partial charge in [-0.15, -0.1) is 0 Å². The number of morpholine rings is 1. The van der Waals surface area contributed by atoms with Crippen molar-refractivity contribution in [3.63, 3.8) is 0 Å². The van der Waals surface area contributed by atoms with Crippen molar-refractivity contribution >= 4 is 0 Å². The highest BCUT2D eigenvalue weighted by molar-refractivity contribution is 5.60. The fourth-order valence-electron chi connectivity index (χ4n) is 3.18. The van der Waals surface area contributed by atoms with Crippen LogP contribution in [0.3, 0.4) is 0 Å². The first-order valence-corrected chi connectivity index (χ1v) is 8.34. The van der Waals surface area contributed by atoms with Crippen molar-refractivity contribution in [2.45, 2.75) is 18.9 Å². The molecule has 1 saturated heterocycles. The largest absolute Gasteiger partial charge is 0.497 e. The lowest BCUT2D eigenvalue weighted by Gasteiger charge is -2.34. The molecule has 2 heterocycles. The number of rotatable bonds is 5. The summed E-state index contributed by atoms with van der Waals surface area (Å²) < 4.78 is 11.0. The van der Waals surface area contributed by atoms with Gasteiger partial charge in [-0.1, -0.05) is 12.1 Å². The van der Waals surface area contributed by atoms with Gasteiger partial charge in [-0.2, -0.15) is 0 Å². The van der Waals surface area contributed by atoms with Crippen LogP contribution in [-0.4, -0.2) is 48.3 Å². The number of imidazole rings is 1. The summed E-state index contributed by atoms with van der Waals surface area (Å²) in [6.07, 6.45) is 4.66. The van der Waals surface area contributed by atoms with Gasteiger partial charge in [-0.3, -0.25) is 4.90 Å². The molecule has 2 fully saturated rings. The molecule has 1 aromatic heterocycles. The maximum atomic E-state index is 5.70. The van der Waals surface area contributed by atoms with E-state index >= 15 is 0 Å². The Labute approximate surface area is 136 Å². The Morgan fingerprint density at radius 2 is 2.30 bits per heavy atom. The van der Waals surface area contributed by atoms with Gasteiger partial charge >= 0.3 is 0 Å². The number of hydrogen-bond acceptors (Lipinski definition) is 4. The number of benzene rings is 1. The van der Waals surface area contributed by atoms with Crippen LogP contribution < -0.4 is 4.74 Å². The number of nitrogens with one attached hydrogen (secondary N) is 1. The fourth-order valence-corrected chi connectivity index (χ4v) is 3.18. The number of methoxy groups -OCH3 is 1. The Morgan fingerprint density at radius 1 is 1.39 bits per heavy atom. The highest BCUT2D eigenvalue weighted by Crippen LogP contribution is 2.34. The molecule has 0 unspecified atom stereocenters. The number of H-pyrrole nitrogens is 1. The fraction of sp³-hybridized carbons (Fsp3) is 0.500. The SMILES string of the molecule is COc1cccc(-c2cnc([C@@H]3COCCN3CC3CC3)[nH]2)c1. The molecular formula is C18H23N3O2. The van der Waals surface area contributed by atoms with Crippen molar-refractivity contribution in [3.8, 4) is 17.0 Å². The lowest BCUT2D eigenvalue weighted by molar-refractivity contribution is -0.0134. The predicted molar refractivity (Wildman–Crippen MR) is 88.4 cm³/mol. The molecule has 5 nitrogen and oxygen atoms in total. The normalized spacial score (nSPS) is 22.2. The Balaban J connectivity index is 1.55. The second-order valence-electron chi connectivity index (χ2n) is 6.44. The lowest BCUT2D eigenvalue weighted by Crippen LogP contribution is -2.41. The zero-order valence-electron chi connectivity index (χ0n) is 13.5. The van der Waals surface area contributed by atoms with Crippen molar-refractivity contribution in [2.24, 2.45) is 5.92 Å². The maximum absolute atomic E-state index is 5.70. The molecule has 0 radical (unpaired) electrons. The summed E-state index contributed by atoms with van der Waals surface area (Å²) in [5, 5.41) is 0. The number of aromatic nitrogens is 2. The van der Waals surface area contributed by atoms with E-state index in [-0.39, 0.29) is 6.04 Å². The van der Waals surface area contributed by atoms with Crippen molar-refractivity contribution < 1.29 is 9.47 Å². The Hall–Kier alpha value is -1.85. The van der Waals surface area contributed by atoms with E-state index in [9.17, 15) is 0 Å². The molecular weight excluding hydrogens is 290 g/mol. The molecule has 1 saturated carbocycles. The molecule has 4 rings (SSSR count). The molecule has 122 valence electrons. The molecule has 0 bridgehead atoms. The quantitative estimate of drug-likeness (QED) is 0.922. The van der Waals surface area contributed by atoms with E-state index in [0.717, 1.165) is 48.5 Å². The van der Waals surface area contributed by atoms with Gasteiger partial charge in [0.25, 0.3) is 0 Å². The number of aromatic amines is 1. The third kappa shape index (κ3) is 3.26. The highest BCUT2D eigenvalue weighted by Gasteiger charge is 2.32.